The number of rotatable bonds is 7. The second-order valence-corrected chi connectivity index (χ2v) is 6.55. The van der Waals surface area contributed by atoms with Crippen molar-refractivity contribution in [3.8, 4) is 0 Å². The van der Waals surface area contributed by atoms with Crippen LogP contribution in [0.15, 0.2) is 48.5 Å². The molecular formula is C20H22N4O5. The molecule has 3 rings (SSSR count). The summed E-state index contributed by atoms with van der Waals surface area (Å²) in [7, 11) is 0. The molecule has 0 unspecified atom stereocenters. The van der Waals surface area contributed by atoms with E-state index in [-0.39, 0.29) is 17.5 Å². The summed E-state index contributed by atoms with van der Waals surface area (Å²) in [6.07, 6.45) is 0. The molecule has 0 atom stereocenters. The Balaban J connectivity index is 1.49. The second-order valence-electron chi connectivity index (χ2n) is 6.55. The van der Waals surface area contributed by atoms with Crippen molar-refractivity contribution < 1.29 is 19.2 Å². The molecular weight excluding hydrogens is 376 g/mol. The lowest BCUT2D eigenvalue weighted by molar-refractivity contribution is -0.384. The van der Waals surface area contributed by atoms with E-state index < -0.39 is 4.92 Å². The van der Waals surface area contributed by atoms with Gasteiger partial charge in [0.25, 0.3) is 17.5 Å². The fraction of sp³-hybridized carbons (Fsp3) is 0.300. The Kier molecular flexibility index (Phi) is 6.88. The number of nitrogens with zero attached hydrogens (tertiary/aromatic N) is 2. The van der Waals surface area contributed by atoms with E-state index in [0.717, 1.165) is 32.8 Å². The number of amides is 2. The first kappa shape index (κ1) is 20.4. The number of carbonyl (C=O) groups excluding carboxylic acids is 2. The molecule has 152 valence electrons. The monoisotopic (exact) mass is 398 g/mol. The summed E-state index contributed by atoms with van der Waals surface area (Å²) in [5, 5.41) is 16.3. The third-order valence-electron chi connectivity index (χ3n) is 4.56. The number of anilines is 1. The van der Waals surface area contributed by atoms with Crippen molar-refractivity contribution >= 4 is 23.2 Å². The first-order chi connectivity index (χ1) is 14.0. The van der Waals surface area contributed by atoms with Gasteiger partial charge in [-0.3, -0.25) is 24.6 Å². The molecule has 2 N–H and O–H groups in total. The van der Waals surface area contributed by atoms with Gasteiger partial charge in [-0.15, -0.1) is 0 Å². The van der Waals surface area contributed by atoms with Crippen LogP contribution in [0.5, 0.6) is 0 Å². The van der Waals surface area contributed by atoms with Crippen molar-refractivity contribution in [3.63, 3.8) is 0 Å². The van der Waals surface area contributed by atoms with Gasteiger partial charge in [-0.05, 0) is 36.4 Å². The number of nitro benzene ring substituents is 1. The zero-order valence-electron chi connectivity index (χ0n) is 15.8. The summed E-state index contributed by atoms with van der Waals surface area (Å²) in [6.45, 7) is 4.52. The van der Waals surface area contributed by atoms with Gasteiger partial charge in [0.1, 0.15) is 0 Å². The van der Waals surface area contributed by atoms with Crippen LogP contribution >= 0.6 is 0 Å². The smallest absolute Gasteiger partial charge is 0.269 e. The maximum atomic E-state index is 12.2. The quantitative estimate of drug-likeness (QED) is 0.544. The van der Waals surface area contributed by atoms with Crippen LogP contribution in [0, 0.1) is 10.1 Å². The van der Waals surface area contributed by atoms with E-state index in [1.165, 1.54) is 24.3 Å². The molecule has 1 aliphatic rings. The molecule has 0 radical (unpaired) electrons. The highest BCUT2D eigenvalue weighted by Gasteiger charge is 2.12. The summed E-state index contributed by atoms with van der Waals surface area (Å²) in [5.74, 6) is -0.561. The zero-order valence-corrected chi connectivity index (χ0v) is 15.8. The molecule has 1 fully saturated rings. The van der Waals surface area contributed by atoms with Crippen molar-refractivity contribution in [1.29, 1.82) is 0 Å². The molecule has 1 heterocycles. The lowest BCUT2D eigenvalue weighted by Crippen LogP contribution is -2.41. The molecule has 29 heavy (non-hydrogen) atoms. The normalized spacial score (nSPS) is 14.2. The molecule has 0 bridgehead atoms. The van der Waals surface area contributed by atoms with Gasteiger partial charge in [-0.2, -0.15) is 0 Å². The number of hydrogen-bond acceptors (Lipinski definition) is 6. The Morgan fingerprint density at radius 2 is 1.55 bits per heavy atom. The lowest BCUT2D eigenvalue weighted by atomic mass is 10.1. The standard InChI is InChI=1S/C20H22N4O5/c25-19(21-9-10-23-11-13-29-14-12-23)15-1-5-17(6-2-15)22-20(26)16-3-7-18(8-4-16)24(27)28/h1-8H,9-14H2,(H,21,25)(H,22,26). The van der Waals surface area contributed by atoms with Crippen LogP contribution in [0.2, 0.25) is 0 Å². The third-order valence-corrected chi connectivity index (χ3v) is 4.56. The number of carbonyl (C=O) groups is 2. The molecule has 2 aromatic carbocycles. The van der Waals surface area contributed by atoms with E-state index in [2.05, 4.69) is 15.5 Å². The molecule has 9 nitrogen and oxygen atoms in total. The molecule has 0 saturated carbocycles. The fourth-order valence-electron chi connectivity index (χ4n) is 2.90. The average Bonchev–Trinajstić information content (AvgIpc) is 2.75. The van der Waals surface area contributed by atoms with E-state index in [4.69, 9.17) is 4.74 Å². The van der Waals surface area contributed by atoms with E-state index in [1.807, 2.05) is 0 Å². The van der Waals surface area contributed by atoms with Gasteiger partial charge in [0.15, 0.2) is 0 Å². The van der Waals surface area contributed by atoms with Crippen LogP contribution in [-0.2, 0) is 4.74 Å². The Morgan fingerprint density at radius 3 is 2.17 bits per heavy atom. The largest absolute Gasteiger partial charge is 0.379 e. The van der Waals surface area contributed by atoms with E-state index in [1.54, 1.807) is 24.3 Å². The van der Waals surface area contributed by atoms with Gasteiger partial charge < -0.3 is 15.4 Å². The maximum absolute atomic E-state index is 12.2. The molecule has 0 spiro atoms. The van der Waals surface area contributed by atoms with Crippen LogP contribution in [0.1, 0.15) is 20.7 Å². The minimum atomic E-state index is -0.521. The summed E-state index contributed by atoms with van der Waals surface area (Å²) >= 11 is 0. The molecule has 9 heteroatoms. The van der Waals surface area contributed by atoms with Gasteiger partial charge >= 0.3 is 0 Å². The highest BCUT2D eigenvalue weighted by atomic mass is 16.6. The summed E-state index contributed by atoms with van der Waals surface area (Å²) < 4.78 is 5.29. The van der Waals surface area contributed by atoms with Gasteiger partial charge in [0, 0.05) is 55.1 Å². The molecule has 1 aliphatic heterocycles. The molecule has 1 saturated heterocycles. The van der Waals surface area contributed by atoms with Gasteiger partial charge in [0.2, 0.25) is 0 Å². The van der Waals surface area contributed by atoms with Crippen molar-refractivity contribution in [2.45, 2.75) is 0 Å². The third kappa shape index (κ3) is 5.84. The average molecular weight is 398 g/mol. The predicted molar refractivity (Wildman–Crippen MR) is 107 cm³/mol. The number of morpholine rings is 1. The number of non-ortho nitro benzene ring substituents is 1. The minimum Gasteiger partial charge on any atom is -0.379 e. The van der Waals surface area contributed by atoms with Crippen molar-refractivity contribution in [2.24, 2.45) is 0 Å². The number of nitro groups is 1. The predicted octanol–water partition coefficient (Wildman–Crippen LogP) is 1.91. The minimum absolute atomic E-state index is 0.0782. The first-order valence-corrected chi connectivity index (χ1v) is 9.27. The zero-order chi connectivity index (χ0) is 20.6. The Labute approximate surface area is 167 Å². The van der Waals surface area contributed by atoms with E-state index in [9.17, 15) is 19.7 Å². The Morgan fingerprint density at radius 1 is 0.966 bits per heavy atom. The maximum Gasteiger partial charge on any atom is 0.269 e. The van der Waals surface area contributed by atoms with Gasteiger partial charge in [-0.25, -0.2) is 0 Å². The van der Waals surface area contributed by atoms with Crippen LogP contribution < -0.4 is 10.6 Å². The van der Waals surface area contributed by atoms with Crippen LogP contribution in [0.4, 0.5) is 11.4 Å². The van der Waals surface area contributed by atoms with Crippen LogP contribution in [-0.4, -0.2) is 61.0 Å². The highest BCUT2D eigenvalue weighted by Crippen LogP contribution is 2.15. The van der Waals surface area contributed by atoms with E-state index >= 15 is 0 Å². The SMILES string of the molecule is O=C(NCCN1CCOCC1)c1ccc(NC(=O)c2ccc([N+](=O)[O-])cc2)cc1. The number of nitrogens with one attached hydrogen (secondary N) is 2. The van der Waals surface area contributed by atoms with Crippen LogP contribution in [0.3, 0.4) is 0 Å². The summed E-state index contributed by atoms with van der Waals surface area (Å²) in [4.78, 5) is 36.9. The van der Waals surface area contributed by atoms with E-state index in [0.29, 0.717) is 23.4 Å². The number of hydrogen-bond donors (Lipinski definition) is 2. The Hall–Kier alpha value is -3.30. The second kappa shape index (κ2) is 9.76. The number of benzene rings is 2. The molecule has 0 aliphatic carbocycles. The summed E-state index contributed by atoms with van der Waals surface area (Å²) in [5.41, 5.74) is 1.25. The lowest BCUT2D eigenvalue weighted by Gasteiger charge is -2.26. The number of ether oxygens (including phenoxy) is 1. The molecule has 0 aromatic heterocycles. The van der Waals surface area contributed by atoms with Gasteiger partial charge in [0.05, 0.1) is 18.1 Å². The summed E-state index contributed by atoms with van der Waals surface area (Å²) in [6, 6.07) is 11.9. The van der Waals surface area contributed by atoms with Crippen LogP contribution in [0.25, 0.3) is 0 Å². The highest BCUT2D eigenvalue weighted by molar-refractivity contribution is 6.04. The molecule has 2 aromatic rings. The van der Waals surface area contributed by atoms with Crippen molar-refractivity contribution in [2.75, 3.05) is 44.7 Å². The van der Waals surface area contributed by atoms with Crippen molar-refractivity contribution in [3.05, 3.63) is 69.8 Å². The van der Waals surface area contributed by atoms with Crippen molar-refractivity contribution in [1.82, 2.24) is 10.2 Å². The fourth-order valence-corrected chi connectivity index (χ4v) is 2.90. The topological polar surface area (TPSA) is 114 Å². The van der Waals surface area contributed by atoms with Gasteiger partial charge in [-0.1, -0.05) is 0 Å². The Bertz CT molecular complexity index is 861. The first-order valence-electron chi connectivity index (χ1n) is 9.27. The molecule has 2 amide bonds.